The molecule has 0 saturated heterocycles. The number of carbonyl (C=O) groups is 1. The molecule has 0 aliphatic carbocycles. The van der Waals surface area contributed by atoms with Crippen LogP contribution in [0.5, 0.6) is 11.5 Å². The van der Waals surface area contributed by atoms with Gasteiger partial charge in [0.25, 0.3) is 5.91 Å². The zero-order valence-electron chi connectivity index (χ0n) is 16.4. The lowest BCUT2D eigenvalue weighted by Crippen LogP contribution is -2.41. The SMILES string of the molecule is COc1ccc2c(c1)N(CCNC(=O)c1ccccc1)C(c1ccccc1)CO2. The van der Waals surface area contributed by atoms with Crippen molar-refractivity contribution in [3.8, 4) is 11.5 Å². The number of benzene rings is 3. The summed E-state index contributed by atoms with van der Waals surface area (Å²) in [6.45, 7) is 1.73. The summed E-state index contributed by atoms with van der Waals surface area (Å²) in [6.07, 6.45) is 0. The Morgan fingerprint density at radius 1 is 1.07 bits per heavy atom. The number of methoxy groups -OCH3 is 1. The minimum Gasteiger partial charge on any atom is -0.497 e. The van der Waals surface area contributed by atoms with E-state index in [2.05, 4.69) is 22.3 Å². The molecule has 1 aliphatic heterocycles. The predicted molar refractivity (Wildman–Crippen MR) is 114 cm³/mol. The van der Waals surface area contributed by atoms with E-state index in [0.29, 0.717) is 25.3 Å². The predicted octanol–water partition coefficient (Wildman–Crippen LogP) is 4.07. The van der Waals surface area contributed by atoms with Gasteiger partial charge in [-0.05, 0) is 29.8 Å². The summed E-state index contributed by atoms with van der Waals surface area (Å²) in [4.78, 5) is 14.7. The number of rotatable bonds is 6. The molecule has 3 aromatic carbocycles. The molecule has 1 N–H and O–H groups in total. The van der Waals surface area contributed by atoms with Gasteiger partial charge >= 0.3 is 0 Å². The summed E-state index contributed by atoms with van der Waals surface area (Å²) < 4.78 is 11.5. The fraction of sp³-hybridized carbons (Fsp3) is 0.208. The van der Waals surface area contributed by atoms with Gasteiger partial charge in [-0.1, -0.05) is 48.5 Å². The topological polar surface area (TPSA) is 50.8 Å². The van der Waals surface area contributed by atoms with Crippen molar-refractivity contribution < 1.29 is 14.3 Å². The van der Waals surface area contributed by atoms with Crippen LogP contribution in [0.3, 0.4) is 0 Å². The number of carbonyl (C=O) groups excluding carboxylic acids is 1. The van der Waals surface area contributed by atoms with E-state index in [1.807, 2.05) is 66.7 Å². The van der Waals surface area contributed by atoms with Crippen LogP contribution in [-0.4, -0.2) is 32.7 Å². The third-order valence-electron chi connectivity index (χ3n) is 5.11. The Morgan fingerprint density at radius 3 is 2.52 bits per heavy atom. The van der Waals surface area contributed by atoms with Gasteiger partial charge in [0.05, 0.1) is 18.8 Å². The average Bonchev–Trinajstić information content (AvgIpc) is 2.79. The molecule has 4 rings (SSSR count). The molecule has 1 aliphatic rings. The number of amides is 1. The summed E-state index contributed by atoms with van der Waals surface area (Å²) in [5.41, 5.74) is 2.81. The summed E-state index contributed by atoms with van der Waals surface area (Å²) in [5, 5.41) is 3.03. The van der Waals surface area contributed by atoms with Crippen molar-refractivity contribution in [2.75, 3.05) is 31.7 Å². The molecular formula is C24H24N2O3. The van der Waals surface area contributed by atoms with Crippen molar-refractivity contribution in [2.45, 2.75) is 6.04 Å². The molecular weight excluding hydrogens is 364 g/mol. The van der Waals surface area contributed by atoms with Gasteiger partial charge in [-0.3, -0.25) is 4.79 Å². The highest BCUT2D eigenvalue weighted by molar-refractivity contribution is 5.94. The molecule has 1 amide bonds. The van der Waals surface area contributed by atoms with Crippen molar-refractivity contribution in [3.63, 3.8) is 0 Å². The van der Waals surface area contributed by atoms with Crippen LogP contribution >= 0.6 is 0 Å². The first-order valence-electron chi connectivity index (χ1n) is 9.72. The molecule has 0 fully saturated rings. The summed E-state index contributed by atoms with van der Waals surface area (Å²) in [6, 6.07) is 25.4. The number of nitrogens with zero attached hydrogens (tertiary/aromatic N) is 1. The first kappa shape index (κ1) is 18.9. The third-order valence-corrected chi connectivity index (χ3v) is 5.11. The Morgan fingerprint density at radius 2 is 1.79 bits per heavy atom. The number of hydrogen-bond acceptors (Lipinski definition) is 4. The maximum absolute atomic E-state index is 12.4. The number of ether oxygens (including phenoxy) is 2. The normalized spacial score (nSPS) is 15.2. The van der Waals surface area contributed by atoms with Gasteiger partial charge in [-0.25, -0.2) is 0 Å². The lowest BCUT2D eigenvalue weighted by Gasteiger charge is -2.39. The highest BCUT2D eigenvalue weighted by atomic mass is 16.5. The van der Waals surface area contributed by atoms with E-state index in [4.69, 9.17) is 9.47 Å². The second-order valence-corrected chi connectivity index (χ2v) is 6.89. The minimum atomic E-state index is -0.0685. The monoisotopic (exact) mass is 388 g/mol. The smallest absolute Gasteiger partial charge is 0.251 e. The first-order chi connectivity index (χ1) is 14.3. The molecule has 3 aromatic rings. The van der Waals surface area contributed by atoms with Crippen LogP contribution in [0.4, 0.5) is 5.69 Å². The van der Waals surface area contributed by atoms with Crippen molar-refractivity contribution in [1.82, 2.24) is 5.32 Å². The maximum Gasteiger partial charge on any atom is 0.251 e. The van der Waals surface area contributed by atoms with Gasteiger partial charge in [0, 0.05) is 24.7 Å². The van der Waals surface area contributed by atoms with Crippen LogP contribution in [0.15, 0.2) is 78.9 Å². The van der Waals surface area contributed by atoms with Crippen molar-refractivity contribution in [2.24, 2.45) is 0 Å². The van der Waals surface area contributed by atoms with Crippen molar-refractivity contribution in [3.05, 3.63) is 90.0 Å². The van der Waals surface area contributed by atoms with E-state index in [0.717, 1.165) is 17.2 Å². The van der Waals surface area contributed by atoms with Crippen molar-refractivity contribution in [1.29, 1.82) is 0 Å². The van der Waals surface area contributed by atoms with Crippen LogP contribution in [0.2, 0.25) is 0 Å². The van der Waals surface area contributed by atoms with E-state index < -0.39 is 0 Å². The molecule has 0 saturated carbocycles. The summed E-state index contributed by atoms with van der Waals surface area (Å²) in [7, 11) is 1.66. The fourth-order valence-corrected chi connectivity index (χ4v) is 3.61. The molecule has 148 valence electrons. The Hall–Kier alpha value is -3.47. The fourth-order valence-electron chi connectivity index (χ4n) is 3.61. The molecule has 0 bridgehead atoms. The summed E-state index contributed by atoms with van der Waals surface area (Å²) in [5.74, 6) is 1.53. The number of anilines is 1. The van der Waals surface area contributed by atoms with Gasteiger partial charge in [0.1, 0.15) is 18.1 Å². The highest BCUT2D eigenvalue weighted by Gasteiger charge is 2.29. The first-order valence-corrected chi connectivity index (χ1v) is 9.72. The van der Waals surface area contributed by atoms with Crippen LogP contribution in [-0.2, 0) is 0 Å². The highest BCUT2D eigenvalue weighted by Crippen LogP contribution is 2.41. The maximum atomic E-state index is 12.4. The largest absolute Gasteiger partial charge is 0.497 e. The van der Waals surface area contributed by atoms with Gasteiger partial charge in [-0.15, -0.1) is 0 Å². The Balaban J connectivity index is 1.55. The van der Waals surface area contributed by atoms with E-state index in [1.54, 1.807) is 7.11 Å². The van der Waals surface area contributed by atoms with Crippen LogP contribution in [0.1, 0.15) is 22.0 Å². The molecule has 5 heteroatoms. The van der Waals surface area contributed by atoms with E-state index in [-0.39, 0.29) is 11.9 Å². The molecule has 0 aromatic heterocycles. The Labute approximate surface area is 170 Å². The number of hydrogen-bond donors (Lipinski definition) is 1. The van der Waals surface area contributed by atoms with E-state index in [1.165, 1.54) is 5.56 Å². The van der Waals surface area contributed by atoms with Gasteiger partial charge in [0.15, 0.2) is 0 Å². The number of nitrogens with one attached hydrogen (secondary N) is 1. The third kappa shape index (κ3) is 4.19. The van der Waals surface area contributed by atoms with Crippen LogP contribution in [0.25, 0.3) is 0 Å². The molecule has 29 heavy (non-hydrogen) atoms. The standard InChI is InChI=1S/C24H24N2O3/c1-28-20-12-13-23-21(16-20)26(22(17-29-23)18-8-4-2-5-9-18)15-14-25-24(27)19-10-6-3-7-11-19/h2-13,16,22H,14-15,17H2,1H3,(H,25,27). The van der Waals surface area contributed by atoms with E-state index in [9.17, 15) is 4.79 Å². The van der Waals surface area contributed by atoms with E-state index >= 15 is 0 Å². The molecule has 1 atom stereocenters. The van der Waals surface area contributed by atoms with Gasteiger partial charge in [0.2, 0.25) is 0 Å². The van der Waals surface area contributed by atoms with Crippen molar-refractivity contribution >= 4 is 11.6 Å². The van der Waals surface area contributed by atoms with Crippen LogP contribution in [0, 0.1) is 0 Å². The molecule has 1 unspecified atom stereocenters. The molecule has 0 radical (unpaired) electrons. The lowest BCUT2D eigenvalue weighted by molar-refractivity contribution is 0.0954. The second-order valence-electron chi connectivity index (χ2n) is 6.89. The quantitative estimate of drug-likeness (QED) is 0.692. The molecule has 0 spiro atoms. The van der Waals surface area contributed by atoms with Gasteiger partial charge < -0.3 is 19.7 Å². The zero-order chi connectivity index (χ0) is 20.1. The second kappa shape index (κ2) is 8.69. The number of fused-ring (bicyclic) bond motifs is 1. The Bertz CT molecular complexity index is 960. The Kier molecular flexibility index (Phi) is 5.66. The summed E-state index contributed by atoms with van der Waals surface area (Å²) >= 11 is 0. The average molecular weight is 388 g/mol. The molecule has 1 heterocycles. The molecule has 5 nitrogen and oxygen atoms in total. The minimum absolute atomic E-state index is 0.0597. The van der Waals surface area contributed by atoms with Gasteiger partial charge in [-0.2, -0.15) is 0 Å². The lowest BCUT2D eigenvalue weighted by atomic mass is 10.0. The van der Waals surface area contributed by atoms with Crippen LogP contribution < -0.4 is 19.7 Å². The zero-order valence-corrected chi connectivity index (χ0v) is 16.4.